The standard InChI is InChI=1S/C19H24N10O/c30-18(23-19-24-26-27-25-19)16-13-20-14-17(22-16)21-7-4-8-28-9-11-29(12-10-28)15-5-2-1-3-6-15/h1-3,5-6,13-14H,4,7-12H2,(H,21,22)(H2,23,24,25,26,27,30). The van der Waals surface area contributed by atoms with Crippen molar-refractivity contribution < 1.29 is 4.79 Å². The number of amides is 1. The third-order valence-corrected chi connectivity index (χ3v) is 4.89. The van der Waals surface area contributed by atoms with E-state index in [2.05, 4.69) is 75.3 Å². The fraction of sp³-hybridized carbons (Fsp3) is 0.368. The number of anilines is 3. The van der Waals surface area contributed by atoms with Crippen LogP contribution in [-0.4, -0.2) is 80.7 Å². The number of para-hydroxylation sites is 1. The summed E-state index contributed by atoms with van der Waals surface area (Å²) >= 11 is 0. The minimum Gasteiger partial charge on any atom is -0.369 e. The van der Waals surface area contributed by atoms with Crippen LogP contribution in [0.4, 0.5) is 17.5 Å². The van der Waals surface area contributed by atoms with Gasteiger partial charge in [-0.1, -0.05) is 23.3 Å². The van der Waals surface area contributed by atoms with Crippen molar-refractivity contribution in [2.75, 3.05) is 54.8 Å². The summed E-state index contributed by atoms with van der Waals surface area (Å²) in [5, 5.41) is 18.7. The second-order valence-corrected chi connectivity index (χ2v) is 6.92. The maximum absolute atomic E-state index is 12.2. The van der Waals surface area contributed by atoms with E-state index in [1.165, 1.54) is 11.9 Å². The Morgan fingerprint density at radius 1 is 1.10 bits per heavy atom. The Bertz CT molecular complexity index is 926. The van der Waals surface area contributed by atoms with E-state index in [9.17, 15) is 4.79 Å². The van der Waals surface area contributed by atoms with Crippen LogP contribution in [0.15, 0.2) is 42.7 Å². The molecule has 4 rings (SSSR count). The first-order valence-electron chi connectivity index (χ1n) is 9.91. The second kappa shape index (κ2) is 9.74. The second-order valence-electron chi connectivity index (χ2n) is 6.92. The van der Waals surface area contributed by atoms with Gasteiger partial charge < -0.3 is 10.2 Å². The van der Waals surface area contributed by atoms with Gasteiger partial charge >= 0.3 is 0 Å². The zero-order chi connectivity index (χ0) is 20.6. The van der Waals surface area contributed by atoms with Gasteiger partial charge in [-0.2, -0.15) is 5.21 Å². The molecule has 3 N–H and O–H groups in total. The zero-order valence-corrected chi connectivity index (χ0v) is 16.5. The molecule has 1 aliphatic rings. The van der Waals surface area contributed by atoms with E-state index >= 15 is 0 Å². The van der Waals surface area contributed by atoms with Crippen LogP contribution in [0.25, 0.3) is 0 Å². The lowest BCUT2D eigenvalue weighted by atomic mass is 10.2. The number of rotatable bonds is 8. The van der Waals surface area contributed by atoms with Crippen LogP contribution >= 0.6 is 0 Å². The molecule has 1 aromatic carbocycles. The number of tetrazole rings is 1. The molecule has 0 saturated carbocycles. The van der Waals surface area contributed by atoms with Crippen molar-refractivity contribution in [3.8, 4) is 0 Å². The lowest BCUT2D eigenvalue weighted by Gasteiger charge is -2.36. The van der Waals surface area contributed by atoms with Gasteiger partial charge in [0.15, 0.2) is 0 Å². The van der Waals surface area contributed by atoms with E-state index in [-0.39, 0.29) is 11.6 Å². The summed E-state index contributed by atoms with van der Waals surface area (Å²) in [6, 6.07) is 10.5. The monoisotopic (exact) mass is 408 g/mol. The van der Waals surface area contributed by atoms with Crippen LogP contribution in [-0.2, 0) is 0 Å². The van der Waals surface area contributed by atoms with Gasteiger partial charge in [-0.3, -0.25) is 20.0 Å². The summed E-state index contributed by atoms with van der Waals surface area (Å²) < 4.78 is 0. The SMILES string of the molecule is O=C(Nc1nn[nH]n1)c1cncc(NCCCN2CCN(c3ccccc3)CC2)n1. The van der Waals surface area contributed by atoms with E-state index in [0.717, 1.165) is 45.7 Å². The molecule has 1 saturated heterocycles. The van der Waals surface area contributed by atoms with E-state index < -0.39 is 5.91 Å². The molecule has 30 heavy (non-hydrogen) atoms. The van der Waals surface area contributed by atoms with Crippen molar-refractivity contribution in [3.05, 3.63) is 48.4 Å². The van der Waals surface area contributed by atoms with Gasteiger partial charge in [-0.05, 0) is 30.3 Å². The average Bonchev–Trinajstić information content (AvgIpc) is 3.31. The molecule has 3 aromatic rings. The molecule has 0 radical (unpaired) electrons. The lowest BCUT2D eigenvalue weighted by molar-refractivity contribution is 0.102. The highest BCUT2D eigenvalue weighted by Gasteiger charge is 2.16. The Kier molecular flexibility index (Phi) is 6.40. The van der Waals surface area contributed by atoms with Crippen molar-refractivity contribution in [1.29, 1.82) is 0 Å². The number of hydrogen-bond acceptors (Lipinski definition) is 9. The maximum Gasteiger partial charge on any atom is 0.278 e. The van der Waals surface area contributed by atoms with Gasteiger partial charge in [0.25, 0.3) is 11.9 Å². The van der Waals surface area contributed by atoms with Gasteiger partial charge in [-0.15, -0.1) is 5.10 Å². The van der Waals surface area contributed by atoms with Crippen molar-refractivity contribution in [1.82, 2.24) is 35.5 Å². The molecule has 1 amide bonds. The minimum absolute atomic E-state index is 0.0903. The Hall–Kier alpha value is -3.60. The average molecular weight is 408 g/mol. The van der Waals surface area contributed by atoms with E-state index in [1.807, 2.05) is 6.07 Å². The van der Waals surface area contributed by atoms with Crippen molar-refractivity contribution in [2.24, 2.45) is 0 Å². The number of piperazine rings is 1. The van der Waals surface area contributed by atoms with Crippen molar-refractivity contribution in [3.63, 3.8) is 0 Å². The highest BCUT2D eigenvalue weighted by molar-refractivity contribution is 6.01. The number of carbonyl (C=O) groups excluding carboxylic acids is 1. The summed E-state index contributed by atoms with van der Waals surface area (Å²) in [6.07, 6.45) is 3.98. The maximum atomic E-state index is 12.2. The fourth-order valence-corrected chi connectivity index (χ4v) is 3.33. The van der Waals surface area contributed by atoms with Gasteiger partial charge in [0.2, 0.25) is 0 Å². The molecule has 1 fully saturated rings. The van der Waals surface area contributed by atoms with Crippen molar-refractivity contribution >= 4 is 23.4 Å². The molecule has 11 nitrogen and oxygen atoms in total. The van der Waals surface area contributed by atoms with Gasteiger partial charge in [0.05, 0.1) is 12.4 Å². The Morgan fingerprint density at radius 3 is 2.70 bits per heavy atom. The predicted octanol–water partition coefficient (Wildman–Crippen LogP) is 0.866. The van der Waals surface area contributed by atoms with Crippen LogP contribution in [0.2, 0.25) is 0 Å². The molecular weight excluding hydrogens is 384 g/mol. The number of nitrogens with one attached hydrogen (secondary N) is 3. The van der Waals surface area contributed by atoms with Crippen LogP contribution < -0.4 is 15.5 Å². The zero-order valence-electron chi connectivity index (χ0n) is 16.5. The molecule has 1 aliphatic heterocycles. The normalized spacial score (nSPS) is 14.5. The first-order chi connectivity index (χ1) is 14.8. The van der Waals surface area contributed by atoms with Crippen LogP contribution in [0, 0.1) is 0 Å². The van der Waals surface area contributed by atoms with Crippen LogP contribution in [0.5, 0.6) is 0 Å². The molecule has 0 unspecified atom stereocenters. The number of nitrogens with zero attached hydrogens (tertiary/aromatic N) is 7. The van der Waals surface area contributed by atoms with Gasteiger partial charge in [0.1, 0.15) is 11.5 Å². The van der Waals surface area contributed by atoms with E-state index in [1.54, 1.807) is 6.20 Å². The summed E-state index contributed by atoms with van der Waals surface area (Å²) in [5.41, 5.74) is 1.47. The largest absolute Gasteiger partial charge is 0.369 e. The number of aromatic nitrogens is 6. The summed E-state index contributed by atoms with van der Waals surface area (Å²) in [6.45, 7) is 5.96. The Balaban J connectivity index is 1.18. The topological polar surface area (TPSA) is 128 Å². The lowest BCUT2D eigenvalue weighted by Crippen LogP contribution is -2.46. The van der Waals surface area contributed by atoms with Crippen LogP contribution in [0.1, 0.15) is 16.9 Å². The molecule has 2 aromatic heterocycles. The predicted molar refractivity (Wildman–Crippen MR) is 112 cm³/mol. The summed E-state index contributed by atoms with van der Waals surface area (Å²) in [7, 11) is 0. The highest BCUT2D eigenvalue weighted by Crippen LogP contribution is 2.15. The first kappa shape index (κ1) is 19.7. The smallest absolute Gasteiger partial charge is 0.278 e. The number of aromatic amines is 1. The Labute approximate surface area is 173 Å². The molecule has 3 heterocycles. The fourth-order valence-electron chi connectivity index (χ4n) is 3.33. The quantitative estimate of drug-likeness (QED) is 0.465. The highest BCUT2D eigenvalue weighted by atomic mass is 16.2. The molecule has 0 aliphatic carbocycles. The third kappa shape index (κ3) is 5.26. The first-order valence-corrected chi connectivity index (χ1v) is 9.91. The molecule has 11 heteroatoms. The number of H-pyrrole nitrogens is 1. The van der Waals surface area contributed by atoms with Crippen molar-refractivity contribution in [2.45, 2.75) is 6.42 Å². The summed E-state index contributed by atoms with van der Waals surface area (Å²) in [4.78, 5) is 25.4. The van der Waals surface area contributed by atoms with Crippen LogP contribution in [0.3, 0.4) is 0 Å². The third-order valence-electron chi connectivity index (χ3n) is 4.89. The van der Waals surface area contributed by atoms with E-state index in [0.29, 0.717) is 5.82 Å². The number of carbonyl (C=O) groups is 1. The molecule has 0 spiro atoms. The van der Waals surface area contributed by atoms with Gasteiger partial charge in [-0.25, -0.2) is 4.98 Å². The summed E-state index contributed by atoms with van der Waals surface area (Å²) in [5.74, 6) is 0.209. The molecule has 156 valence electrons. The molecule has 0 bridgehead atoms. The molecular formula is C19H24N10O. The minimum atomic E-state index is -0.441. The van der Waals surface area contributed by atoms with Gasteiger partial charge in [0, 0.05) is 38.4 Å². The molecule has 0 atom stereocenters. The van der Waals surface area contributed by atoms with E-state index in [4.69, 9.17) is 0 Å². The Morgan fingerprint density at radius 2 is 1.93 bits per heavy atom. The number of hydrogen-bond donors (Lipinski definition) is 3. The number of benzene rings is 1.